The van der Waals surface area contributed by atoms with Crippen LogP contribution in [0.5, 0.6) is 0 Å². The van der Waals surface area contributed by atoms with E-state index in [2.05, 4.69) is 64.5 Å². The van der Waals surface area contributed by atoms with Gasteiger partial charge in [0.25, 0.3) is 0 Å². The molecular weight excluding hydrogens is 362 g/mol. The SMILES string of the molecule is Brc1ccc(-n2nc3c4ccccc4c4ccccc4c3n2)cc1. The van der Waals surface area contributed by atoms with Crippen LogP contribution in [0.3, 0.4) is 0 Å². The molecule has 0 aliphatic rings. The van der Waals surface area contributed by atoms with Crippen molar-refractivity contribution in [2.45, 2.75) is 0 Å². The first-order chi connectivity index (χ1) is 11.8. The van der Waals surface area contributed by atoms with Crippen molar-refractivity contribution in [1.82, 2.24) is 15.0 Å². The van der Waals surface area contributed by atoms with Gasteiger partial charge in [0, 0.05) is 15.2 Å². The van der Waals surface area contributed by atoms with Crippen molar-refractivity contribution in [3.8, 4) is 5.69 Å². The van der Waals surface area contributed by atoms with Crippen LogP contribution < -0.4 is 0 Å². The van der Waals surface area contributed by atoms with Crippen molar-refractivity contribution in [2.24, 2.45) is 0 Å². The maximum Gasteiger partial charge on any atom is 0.122 e. The monoisotopic (exact) mass is 373 g/mol. The Morgan fingerprint density at radius 2 is 1.04 bits per heavy atom. The molecule has 4 heteroatoms. The third-order valence-electron chi connectivity index (χ3n) is 4.33. The van der Waals surface area contributed by atoms with Gasteiger partial charge in [-0.05, 0) is 35.0 Å². The van der Waals surface area contributed by atoms with Gasteiger partial charge >= 0.3 is 0 Å². The van der Waals surface area contributed by atoms with Gasteiger partial charge in [-0.2, -0.15) is 4.80 Å². The molecule has 114 valence electrons. The molecule has 1 heterocycles. The van der Waals surface area contributed by atoms with E-state index in [1.54, 1.807) is 4.80 Å². The third kappa shape index (κ3) is 1.96. The molecule has 0 bridgehead atoms. The van der Waals surface area contributed by atoms with Gasteiger partial charge in [-0.3, -0.25) is 0 Å². The highest BCUT2D eigenvalue weighted by Gasteiger charge is 2.13. The highest BCUT2D eigenvalue weighted by molar-refractivity contribution is 9.10. The molecule has 5 rings (SSSR count). The summed E-state index contributed by atoms with van der Waals surface area (Å²) in [7, 11) is 0. The summed E-state index contributed by atoms with van der Waals surface area (Å²) in [4.78, 5) is 1.72. The van der Waals surface area contributed by atoms with E-state index >= 15 is 0 Å². The molecule has 0 saturated heterocycles. The molecule has 0 radical (unpaired) electrons. The Kier molecular flexibility index (Phi) is 2.94. The van der Waals surface area contributed by atoms with Gasteiger partial charge in [0.15, 0.2) is 0 Å². The van der Waals surface area contributed by atoms with Gasteiger partial charge < -0.3 is 0 Å². The molecular formula is C20H12BrN3. The number of benzene rings is 4. The van der Waals surface area contributed by atoms with Crippen LogP contribution in [0.1, 0.15) is 0 Å². The lowest BCUT2D eigenvalue weighted by atomic mass is 10.0. The number of halogens is 1. The quantitative estimate of drug-likeness (QED) is 0.363. The molecule has 0 fully saturated rings. The topological polar surface area (TPSA) is 30.7 Å². The summed E-state index contributed by atoms with van der Waals surface area (Å²) >= 11 is 3.47. The zero-order valence-corrected chi connectivity index (χ0v) is 14.2. The first-order valence-corrected chi connectivity index (χ1v) is 8.53. The summed E-state index contributed by atoms with van der Waals surface area (Å²) in [6.45, 7) is 0. The molecule has 0 spiro atoms. The summed E-state index contributed by atoms with van der Waals surface area (Å²) in [5.74, 6) is 0. The molecule has 5 aromatic rings. The van der Waals surface area contributed by atoms with Gasteiger partial charge in [0.1, 0.15) is 11.0 Å². The molecule has 0 atom stereocenters. The van der Waals surface area contributed by atoms with Crippen molar-refractivity contribution in [3.05, 3.63) is 77.3 Å². The average molecular weight is 374 g/mol. The maximum absolute atomic E-state index is 4.78. The highest BCUT2D eigenvalue weighted by atomic mass is 79.9. The molecule has 0 N–H and O–H groups in total. The standard InChI is InChI=1S/C20H12BrN3/c21-13-9-11-14(12-10-13)24-22-19-17-7-3-1-5-15(17)16-6-2-4-8-18(16)20(19)23-24/h1-12H. The minimum atomic E-state index is 0.937. The fourth-order valence-electron chi connectivity index (χ4n) is 3.21. The second-order valence-electron chi connectivity index (χ2n) is 5.75. The second-order valence-corrected chi connectivity index (χ2v) is 6.67. The normalized spacial score (nSPS) is 11.5. The molecule has 0 unspecified atom stereocenters. The predicted molar refractivity (Wildman–Crippen MR) is 102 cm³/mol. The summed E-state index contributed by atoms with van der Waals surface area (Å²) in [5, 5.41) is 14.3. The van der Waals surface area contributed by atoms with E-state index in [4.69, 9.17) is 10.2 Å². The molecule has 3 nitrogen and oxygen atoms in total. The lowest BCUT2D eigenvalue weighted by Gasteiger charge is -2.04. The van der Waals surface area contributed by atoms with Gasteiger partial charge in [-0.15, -0.1) is 10.2 Å². The largest absolute Gasteiger partial charge is 0.150 e. The van der Waals surface area contributed by atoms with Gasteiger partial charge in [0.2, 0.25) is 0 Å². The average Bonchev–Trinajstić information content (AvgIpc) is 3.08. The van der Waals surface area contributed by atoms with Gasteiger partial charge in [-0.25, -0.2) is 0 Å². The summed E-state index contributed by atoms with van der Waals surface area (Å²) in [6, 6.07) is 24.8. The van der Waals surface area contributed by atoms with Crippen LogP contribution in [0, 0.1) is 0 Å². The van der Waals surface area contributed by atoms with E-state index in [0.29, 0.717) is 0 Å². The Hall–Kier alpha value is -2.72. The highest BCUT2D eigenvalue weighted by Crippen LogP contribution is 2.33. The van der Waals surface area contributed by atoms with Crippen molar-refractivity contribution in [1.29, 1.82) is 0 Å². The van der Waals surface area contributed by atoms with Crippen molar-refractivity contribution in [3.63, 3.8) is 0 Å². The van der Waals surface area contributed by atoms with Crippen LogP contribution in [0.15, 0.2) is 77.3 Å². The molecule has 24 heavy (non-hydrogen) atoms. The number of aromatic nitrogens is 3. The minimum absolute atomic E-state index is 0.937. The van der Waals surface area contributed by atoms with Crippen LogP contribution in [-0.2, 0) is 0 Å². The van der Waals surface area contributed by atoms with Crippen molar-refractivity contribution in [2.75, 3.05) is 0 Å². The Morgan fingerprint density at radius 3 is 1.54 bits per heavy atom. The van der Waals surface area contributed by atoms with E-state index in [1.165, 1.54) is 10.8 Å². The van der Waals surface area contributed by atoms with E-state index in [-0.39, 0.29) is 0 Å². The van der Waals surface area contributed by atoms with E-state index in [1.807, 2.05) is 24.3 Å². The number of fused-ring (bicyclic) bond motifs is 6. The second kappa shape index (κ2) is 5.14. The van der Waals surface area contributed by atoms with E-state index in [9.17, 15) is 0 Å². The molecule has 4 aromatic carbocycles. The van der Waals surface area contributed by atoms with Crippen LogP contribution in [-0.4, -0.2) is 15.0 Å². The Morgan fingerprint density at radius 1 is 0.583 bits per heavy atom. The zero-order valence-electron chi connectivity index (χ0n) is 12.6. The van der Waals surface area contributed by atoms with Gasteiger partial charge in [-0.1, -0.05) is 64.5 Å². The fraction of sp³-hybridized carbons (Fsp3) is 0. The van der Waals surface area contributed by atoms with Crippen LogP contribution in [0.2, 0.25) is 0 Å². The van der Waals surface area contributed by atoms with Crippen LogP contribution in [0.4, 0.5) is 0 Å². The maximum atomic E-state index is 4.78. The van der Waals surface area contributed by atoms with Crippen molar-refractivity contribution >= 4 is 48.5 Å². The first-order valence-electron chi connectivity index (χ1n) is 7.74. The molecule has 0 aliphatic heterocycles. The van der Waals surface area contributed by atoms with Crippen LogP contribution in [0.25, 0.3) is 38.3 Å². The van der Waals surface area contributed by atoms with Crippen molar-refractivity contribution < 1.29 is 0 Å². The molecule has 0 aliphatic carbocycles. The Balaban J connectivity index is 1.93. The Labute approximate surface area is 146 Å². The van der Waals surface area contributed by atoms with E-state index < -0.39 is 0 Å². The fourth-order valence-corrected chi connectivity index (χ4v) is 3.47. The Bertz CT molecular complexity index is 1130. The lowest BCUT2D eigenvalue weighted by molar-refractivity contribution is 0.766. The number of rotatable bonds is 1. The smallest absolute Gasteiger partial charge is 0.122 e. The number of hydrogen-bond donors (Lipinski definition) is 0. The number of nitrogens with zero attached hydrogens (tertiary/aromatic N) is 3. The van der Waals surface area contributed by atoms with Gasteiger partial charge in [0.05, 0.1) is 5.69 Å². The molecule has 0 amide bonds. The summed E-state index contributed by atoms with van der Waals surface area (Å²) in [5.41, 5.74) is 2.82. The first kappa shape index (κ1) is 13.7. The molecule has 1 aromatic heterocycles. The minimum Gasteiger partial charge on any atom is -0.150 e. The third-order valence-corrected chi connectivity index (χ3v) is 4.85. The lowest BCUT2D eigenvalue weighted by Crippen LogP contribution is -1.97. The number of hydrogen-bond acceptors (Lipinski definition) is 2. The predicted octanol–water partition coefficient (Wildman–Crippen LogP) is 5.49. The zero-order chi connectivity index (χ0) is 16.1. The van der Waals surface area contributed by atoms with E-state index in [0.717, 1.165) is 32.0 Å². The van der Waals surface area contributed by atoms with Crippen LogP contribution >= 0.6 is 15.9 Å². The summed E-state index contributed by atoms with van der Waals surface area (Å²) < 4.78 is 1.04. The summed E-state index contributed by atoms with van der Waals surface area (Å²) in [6.07, 6.45) is 0. The molecule has 0 saturated carbocycles.